The number of aryl methyl sites for hydroxylation is 1. The number of aromatic nitrogens is 2. The van der Waals surface area contributed by atoms with Gasteiger partial charge in [-0.15, -0.1) is 0 Å². The highest BCUT2D eigenvalue weighted by Gasteiger charge is 2.20. The van der Waals surface area contributed by atoms with Gasteiger partial charge in [0, 0.05) is 19.3 Å². The molecule has 92 valence electrons. The van der Waals surface area contributed by atoms with Crippen molar-refractivity contribution in [3.8, 4) is 0 Å². The van der Waals surface area contributed by atoms with Crippen LogP contribution in [-0.4, -0.2) is 16.3 Å². The zero-order chi connectivity index (χ0) is 12.3. The molecule has 0 saturated carbocycles. The molecule has 16 heavy (non-hydrogen) atoms. The Morgan fingerprint density at radius 1 is 1.38 bits per heavy atom. The van der Waals surface area contributed by atoms with Gasteiger partial charge in [0.15, 0.2) is 0 Å². The summed E-state index contributed by atoms with van der Waals surface area (Å²) in [7, 11) is 1.99. The van der Waals surface area contributed by atoms with Crippen molar-refractivity contribution in [2.24, 2.45) is 18.4 Å². The Kier molecular flexibility index (Phi) is 4.14. The Morgan fingerprint density at radius 3 is 2.44 bits per heavy atom. The first-order chi connectivity index (χ1) is 7.32. The van der Waals surface area contributed by atoms with Gasteiger partial charge >= 0.3 is 0 Å². The number of rotatable bonds is 4. The maximum absolute atomic E-state index is 4.19. The molecule has 3 nitrogen and oxygen atoms in total. The van der Waals surface area contributed by atoms with E-state index in [4.69, 9.17) is 0 Å². The molecular formula is C13H25N3. The van der Waals surface area contributed by atoms with E-state index in [1.807, 2.05) is 17.9 Å². The lowest BCUT2D eigenvalue weighted by Crippen LogP contribution is -2.32. The average molecular weight is 223 g/mol. The fraction of sp³-hybridized carbons (Fsp3) is 0.769. The van der Waals surface area contributed by atoms with Crippen LogP contribution < -0.4 is 5.32 Å². The van der Waals surface area contributed by atoms with Gasteiger partial charge in [0.2, 0.25) is 0 Å². The Hall–Kier alpha value is -0.830. The monoisotopic (exact) mass is 223 g/mol. The smallest absolute Gasteiger partial charge is 0.0547 e. The van der Waals surface area contributed by atoms with Gasteiger partial charge in [-0.25, -0.2) is 0 Å². The zero-order valence-electron chi connectivity index (χ0n) is 11.4. The highest BCUT2D eigenvalue weighted by Crippen LogP contribution is 2.25. The lowest BCUT2D eigenvalue weighted by atomic mass is 9.82. The van der Waals surface area contributed by atoms with E-state index < -0.39 is 0 Å². The molecule has 0 fully saturated rings. The summed E-state index contributed by atoms with van der Waals surface area (Å²) in [6.07, 6.45) is 1.85. The molecular weight excluding hydrogens is 198 g/mol. The van der Waals surface area contributed by atoms with Crippen molar-refractivity contribution in [1.29, 1.82) is 0 Å². The first-order valence-corrected chi connectivity index (χ1v) is 6.03. The van der Waals surface area contributed by atoms with Gasteiger partial charge in [-0.2, -0.15) is 5.10 Å². The van der Waals surface area contributed by atoms with Crippen LogP contribution in [0.5, 0.6) is 0 Å². The van der Waals surface area contributed by atoms with E-state index >= 15 is 0 Å². The molecule has 2 atom stereocenters. The van der Waals surface area contributed by atoms with Crippen LogP contribution in [0.1, 0.15) is 46.4 Å². The molecule has 1 aromatic heterocycles. The van der Waals surface area contributed by atoms with E-state index in [9.17, 15) is 0 Å². The van der Waals surface area contributed by atoms with Gasteiger partial charge in [-0.1, -0.05) is 27.7 Å². The highest BCUT2D eigenvalue weighted by molar-refractivity contribution is 5.05. The van der Waals surface area contributed by atoms with Crippen LogP contribution in [0.4, 0.5) is 0 Å². The van der Waals surface area contributed by atoms with E-state index in [2.05, 4.69) is 51.1 Å². The van der Waals surface area contributed by atoms with Crippen molar-refractivity contribution in [3.63, 3.8) is 0 Å². The topological polar surface area (TPSA) is 29.9 Å². The number of nitrogens with one attached hydrogen (secondary N) is 1. The molecule has 0 saturated heterocycles. The average Bonchev–Trinajstić information content (AvgIpc) is 2.58. The summed E-state index contributed by atoms with van der Waals surface area (Å²) in [5.41, 5.74) is 1.60. The molecule has 1 heterocycles. The molecule has 0 aliphatic carbocycles. The van der Waals surface area contributed by atoms with Gasteiger partial charge in [-0.05, 0) is 30.9 Å². The molecule has 0 aliphatic heterocycles. The first kappa shape index (κ1) is 13.2. The van der Waals surface area contributed by atoms with Gasteiger partial charge in [-0.3, -0.25) is 4.68 Å². The Balaban J connectivity index is 2.48. The minimum atomic E-state index is 0.359. The van der Waals surface area contributed by atoms with E-state index in [1.54, 1.807) is 0 Å². The van der Waals surface area contributed by atoms with Crippen LogP contribution in [0, 0.1) is 11.3 Å². The van der Waals surface area contributed by atoms with E-state index in [-0.39, 0.29) is 0 Å². The fourth-order valence-corrected chi connectivity index (χ4v) is 1.57. The summed E-state index contributed by atoms with van der Waals surface area (Å²) in [5, 5.41) is 7.76. The van der Waals surface area contributed by atoms with Crippen LogP contribution in [0.2, 0.25) is 0 Å². The maximum atomic E-state index is 4.19. The molecule has 1 N–H and O–H groups in total. The first-order valence-electron chi connectivity index (χ1n) is 6.03. The van der Waals surface area contributed by atoms with E-state index in [1.165, 1.54) is 5.69 Å². The Morgan fingerprint density at radius 2 is 2.00 bits per heavy atom. The van der Waals surface area contributed by atoms with E-state index in [0.717, 1.165) is 6.54 Å². The van der Waals surface area contributed by atoms with Crippen molar-refractivity contribution in [1.82, 2.24) is 15.1 Å². The summed E-state index contributed by atoms with van der Waals surface area (Å²) in [5.74, 6) is 0.656. The van der Waals surface area contributed by atoms with Crippen molar-refractivity contribution >= 4 is 0 Å². The SMILES string of the molecule is CC(NCC(C)C(C)(C)C)c1ccnn1C. The predicted octanol–water partition coefficient (Wildman–Crippen LogP) is 2.75. The van der Waals surface area contributed by atoms with Crippen LogP contribution in [0.25, 0.3) is 0 Å². The van der Waals surface area contributed by atoms with Crippen LogP contribution >= 0.6 is 0 Å². The minimum absolute atomic E-state index is 0.359. The summed E-state index contributed by atoms with van der Waals surface area (Å²) in [6.45, 7) is 12.4. The fourth-order valence-electron chi connectivity index (χ4n) is 1.57. The number of nitrogens with zero attached hydrogens (tertiary/aromatic N) is 2. The molecule has 0 bridgehead atoms. The molecule has 0 radical (unpaired) electrons. The van der Waals surface area contributed by atoms with Crippen molar-refractivity contribution in [2.75, 3.05) is 6.54 Å². The van der Waals surface area contributed by atoms with Crippen LogP contribution in [0.3, 0.4) is 0 Å². The lowest BCUT2D eigenvalue weighted by molar-refractivity contribution is 0.246. The van der Waals surface area contributed by atoms with Crippen LogP contribution in [-0.2, 0) is 7.05 Å². The third-order valence-electron chi connectivity index (χ3n) is 3.51. The second-order valence-corrected chi connectivity index (χ2v) is 5.78. The molecule has 0 aliphatic rings. The molecule has 0 aromatic carbocycles. The highest BCUT2D eigenvalue weighted by atomic mass is 15.3. The van der Waals surface area contributed by atoms with Crippen molar-refractivity contribution in [2.45, 2.75) is 40.7 Å². The second kappa shape index (κ2) is 5.00. The normalized spacial score (nSPS) is 16.1. The number of hydrogen-bond donors (Lipinski definition) is 1. The zero-order valence-corrected chi connectivity index (χ0v) is 11.4. The van der Waals surface area contributed by atoms with Gasteiger partial charge < -0.3 is 5.32 Å². The quantitative estimate of drug-likeness (QED) is 0.850. The second-order valence-electron chi connectivity index (χ2n) is 5.78. The molecule has 1 aromatic rings. The lowest BCUT2D eigenvalue weighted by Gasteiger charge is -2.28. The van der Waals surface area contributed by atoms with Gasteiger partial charge in [0.05, 0.1) is 5.69 Å². The summed E-state index contributed by atoms with van der Waals surface area (Å²) < 4.78 is 1.93. The molecule has 2 unspecified atom stereocenters. The summed E-state index contributed by atoms with van der Waals surface area (Å²) in [6, 6.07) is 2.43. The van der Waals surface area contributed by atoms with E-state index in [0.29, 0.717) is 17.4 Å². The Labute approximate surface area is 99.2 Å². The molecule has 3 heteroatoms. The largest absolute Gasteiger partial charge is 0.309 e. The predicted molar refractivity (Wildman–Crippen MR) is 68.2 cm³/mol. The minimum Gasteiger partial charge on any atom is -0.309 e. The molecule has 0 spiro atoms. The van der Waals surface area contributed by atoms with Crippen LogP contribution in [0.15, 0.2) is 12.3 Å². The van der Waals surface area contributed by atoms with Crippen molar-refractivity contribution < 1.29 is 0 Å². The molecule has 0 amide bonds. The summed E-state index contributed by atoms with van der Waals surface area (Å²) in [4.78, 5) is 0. The summed E-state index contributed by atoms with van der Waals surface area (Å²) >= 11 is 0. The third kappa shape index (κ3) is 3.34. The third-order valence-corrected chi connectivity index (χ3v) is 3.51. The van der Waals surface area contributed by atoms with Gasteiger partial charge in [0.1, 0.15) is 0 Å². The Bertz CT molecular complexity index is 322. The molecule has 1 rings (SSSR count). The maximum Gasteiger partial charge on any atom is 0.0547 e. The van der Waals surface area contributed by atoms with Gasteiger partial charge in [0.25, 0.3) is 0 Å². The number of hydrogen-bond acceptors (Lipinski definition) is 2. The van der Waals surface area contributed by atoms with Crippen molar-refractivity contribution in [3.05, 3.63) is 18.0 Å². The standard InChI is InChI=1S/C13H25N3/c1-10(13(3,4)5)9-14-11(2)12-7-8-15-16(12)6/h7-8,10-11,14H,9H2,1-6H3.